The largest absolute Gasteiger partial charge is 0.494 e. The summed E-state index contributed by atoms with van der Waals surface area (Å²) < 4.78 is 19.5. The Morgan fingerprint density at radius 1 is 0.972 bits per heavy atom. The van der Waals surface area contributed by atoms with Gasteiger partial charge in [-0.3, -0.25) is 4.79 Å². The van der Waals surface area contributed by atoms with Crippen LogP contribution in [0.15, 0.2) is 46.3 Å². The molecule has 2 aromatic rings. The predicted molar refractivity (Wildman–Crippen MR) is 152 cm³/mol. The lowest BCUT2D eigenvalue weighted by atomic mass is 10.1. The Morgan fingerprint density at radius 3 is 2.36 bits per heavy atom. The van der Waals surface area contributed by atoms with Crippen molar-refractivity contribution in [2.24, 2.45) is 0 Å². The van der Waals surface area contributed by atoms with E-state index in [1.165, 1.54) is 43.3 Å². The number of allylic oxidation sites excluding steroid dienone is 3. The molecule has 0 atom stereocenters. The van der Waals surface area contributed by atoms with Gasteiger partial charge in [0.1, 0.15) is 12.4 Å². The number of benzene rings is 1. The molecule has 0 saturated carbocycles. The Balaban J connectivity index is 2.23. The summed E-state index contributed by atoms with van der Waals surface area (Å²) in [5.74, 6) is 1.51. The van der Waals surface area contributed by atoms with Gasteiger partial charge in [0, 0.05) is 17.5 Å². The van der Waals surface area contributed by atoms with Crippen molar-refractivity contribution in [3.05, 3.63) is 51.9 Å². The van der Waals surface area contributed by atoms with E-state index in [0.717, 1.165) is 35.9 Å². The van der Waals surface area contributed by atoms with E-state index in [2.05, 4.69) is 33.8 Å². The molecule has 0 aliphatic heterocycles. The van der Waals surface area contributed by atoms with Gasteiger partial charge in [0.2, 0.25) is 5.75 Å². The minimum Gasteiger partial charge on any atom is -0.494 e. The fraction of sp³-hybridized carbons (Fsp3) is 0.581. The molecule has 0 aliphatic rings. The first kappa shape index (κ1) is 29.5. The molecule has 0 fully saturated rings. The summed E-state index contributed by atoms with van der Waals surface area (Å²) in [5, 5.41) is 0.844. The fourth-order valence-electron chi connectivity index (χ4n) is 4.30. The lowest BCUT2D eigenvalue weighted by molar-refractivity contribution is 0.304. The van der Waals surface area contributed by atoms with Gasteiger partial charge in [-0.15, -0.1) is 0 Å². The summed E-state index contributed by atoms with van der Waals surface area (Å²) in [6.45, 7) is 13.6. The number of ether oxygens (including phenoxy) is 3. The second-order valence-corrected chi connectivity index (χ2v) is 10.1. The zero-order valence-corrected chi connectivity index (χ0v) is 23.6. The van der Waals surface area contributed by atoms with Gasteiger partial charge in [0.15, 0.2) is 5.75 Å². The maximum Gasteiger partial charge on any atom is 0.297 e. The summed E-state index contributed by atoms with van der Waals surface area (Å²) in [4.78, 5) is 13.5. The highest BCUT2D eigenvalue weighted by Gasteiger charge is 2.21. The molecule has 2 rings (SSSR count). The van der Waals surface area contributed by atoms with E-state index < -0.39 is 0 Å². The van der Waals surface area contributed by atoms with E-state index in [4.69, 9.17) is 14.2 Å². The average Bonchev–Trinajstić information content (AvgIpc) is 2.83. The van der Waals surface area contributed by atoms with Crippen molar-refractivity contribution in [3.8, 4) is 17.2 Å². The number of unbranched alkanes of at least 4 members (excludes halogenated alkanes) is 5. The van der Waals surface area contributed by atoms with Gasteiger partial charge in [-0.25, -0.2) is 0 Å². The van der Waals surface area contributed by atoms with Crippen LogP contribution in [0.1, 0.15) is 99.0 Å². The first-order valence-electron chi connectivity index (χ1n) is 13.6. The molecule has 0 radical (unpaired) electrons. The molecule has 0 aliphatic carbocycles. The molecular weight excluding hydrogens is 450 g/mol. The number of rotatable bonds is 16. The van der Waals surface area contributed by atoms with Gasteiger partial charge in [-0.05, 0) is 72.1 Å². The molecule has 0 saturated heterocycles. The van der Waals surface area contributed by atoms with Gasteiger partial charge < -0.3 is 18.8 Å². The Kier molecular flexibility index (Phi) is 12.7. The molecule has 0 unspecified atom stereocenters. The van der Waals surface area contributed by atoms with Crippen molar-refractivity contribution in [1.29, 1.82) is 0 Å². The first-order chi connectivity index (χ1) is 17.3. The van der Waals surface area contributed by atoms with Crippen LogP contribution in [0.2, 0.25) is 0 Å². The minimum atomic E-state index is -0.182. The molecule has 0 bridgehead atoms. The van der Waals surface area contributed by atoms with Gasteiger partial charge in [0.05, 0.1) is 19.2 Å². The summed E-state index contributed by atoms with van der Waals surface area (Å²) >= 11 is 0. The van der Waals surface area contributed by atoms with Gasteiger partial charge in [-0.1, -0.05) is 56.3 Å². The zero-order valence-electron chi connectivity index (χ0n) is 23.6. The van der Waals surface area contributed by atoms with Crippen molar-refractivity contribution in [2.45, 2.75) is 99.0 Å². The van der Waals surface area contributed by atoms with Crippen molar-refractivity contribution < 1.29 is 14.2 Å². The smallest absolute Gasteiger partial charge is 0.297 e. The molecule has 0 spiro atoms. The van der Waals surface area contributed by atoms with Crippen LogP contribution in [0.4, 0.5) is 0 Å². The Labute approximate surface area is 218 Å². The van der Waals surface area contributed by atoms with Crippen LogP contribution in [0.5, 0.6) is 17.2 Å². The first-order valence-corrected chi connectivity index (χ1v) is 13.6. The number of pyridine rings is 1. The van der Waals surface area contributed by atoms with Crippen LogP contribution < -0.4 is 19.8 Å². The summed E-state index contributed by atoms with van der Waals surface area (Å²) in [6.07, 6.45) is 13.6. The van der Waals surface area contributed by atoms with E-state index >= 15 is 0 Å². The minimum absolute atomic E-state index is 0.0385. The highest BCUT2D eigenvalue weighted by atomic mass is 16.5. The molecule has 5 heteroatoms. The molecular formula is C31H47NO4. The van der Waals surface area contributed by atoms with Crippen LogP contribution in [0, 0.1) is 0 Å². The second kappa shape index (κ2) is 15.4. The van der Waals surface area contributed by atoms with Crippen molar-refractivity contribution in [1.82, 2.24) is 4.57 Å². The van der Waals surface area contributed by atoms with Crippen LogP contribution in [0.25, 0.3) is 10.9 Å². The monoisotopic (exact) mass is 497 g/mol. The van der Waals surface area contributed by atoms with Gasteiger partial charge >= 0.3 is 0 Å². The van der Waals surface area contributed by atoms with Crippen LogP contribution in [-0.4, -0.2) is 24.9 Å². The third-order valence-corrected chi connectivity index (χ3v) is 6.33. The second-order valence-electron chi connectivity index (χ2n) is 10.1. The molecule has 200 valence electrons. The SMILES string of the molecule is CCCCCCCCOc1ccc2c(OC)c(OC/C=C(\C)CCC=C(C)C)c(=O)n(C(C)C)c2c1. The van der Waals surface area contributed by atoms with E-state index in [-0.39, 0.29) is 17.4 Å². The van der Waals surface area contributed by atoms with E-state index in [1.807, 2.05) is 38.1 Å². The number of nitrogens with zero attached hydrogens (tertiary/aromatic N) is 1. The lowest BCUT2D eigenvalue weighted by Gasteiger charge is -2.20. The Bertz CT molecular complexity index is 1070. The van der Waals surface area contributed by atoms with Crippen LogP contribution >= 0.6 is 0 Å². The summed E-state index contributed by atoms with van der Waals surface area (Å²) in [6, 6.07) is 5.83. The van der Waals surface area contributed by atoms with Crippen molar-refractivity contribution in [3.63, 3.8) is 0 Å². The molecule has 0 amide bonds. The molecule has 1 aromatic heterocycles. The third kappa shape index (κ3) is 8.76. The highest BCUT2D eigenvalue weighted by Crippen LogP contribution is 2.35. The van der Waals surface area contributed by atoms with E-state index in [1.54, 1.807) is 11.7 Å². The van der Waals surface area contributed by atoms with Crippen molar-refractivity contribution in [2.75, 3.05) is 20.3 Å². The van der Waals surface area contributed by atoms with Gasteiger partial charge in [0.25, 0.3) is 5.56 Å². The Morgan fingerprint density at radius 2 is 1.69 bits per heavy atom. The van der Waals surface area contributed by atoms with Gasteiger partial charge in [-0.2, -0.15) is 0 Å². The average molecular weight is 498 g/mol. The Hall–Kier alpha value is -2.69. The molecule has 1 aromatic carbocycles. The topological polar surface area (TPSA) is 49.7 Å². The number of hydrogen-bond donors (Lipinski definition) is 0. The number of aromatic nitrogens is 1. The summed E-state index contributed by atoms with van der Waals surface area (Å²) in [7, 11) is 1.59. The molecule has 1 heterocycles. The normalized spacial score (nSPS) is 11.7. The standard InChI is InChI=1S/C31H47NO4/c1-8-9-10-11-12-13-20-35-26-17-18-27-28(22-26)32(24(4)5)31(33)30(29(27)34-7)36-21-19-25(6)16-14-15-23(2)3/h15,17-19,22,24H,8-14,16,20-21H2,1-7H3/b25-19+. The third-order valence-electron chi connectivity index (χ3n) is 6.33. The molecule has 36 heavy (non-hydrogen) atoms. The predicted octanol–water partition coefficient (Wildman–Crippen LogP) is 8.40. The maximum absolute atomic E-state index is 13.5. The van der Waals surface area contributed by atoms with Crippen LogP contribution in [-0.2, 0) is 0 Å². The van der Waals surface area contributed by atoms with E-state index in [9.17, 15) is 4.79 Å². The number of fused-ring (bicyclic) bond motifs is 1. The molecule has 5 nitrogen and oxygen atoms in total. The molecule has 0 N–H and O–H groups in total. The maximum atomic E-state index is 13.5. The zero-order chi connectivity index (χ0) is 26.5. The highest BCUT2D eigenvalue weighted by molar-refractivity contribution is 5.89. The number of hydrogen-bond acceptors (Lipinski definition) is 4. The lowest BCUT2D eigenvalue weighted by Crippen LogP contribution is -2.25. The fourth-order valence-corrected chi connectivity index (χ4v) is 4.30. The number of methoxy groups -OCH3 is 1. The van der Waals surface area contributed by atoms with Crippen LogP contribution in [0.3, 0.4) is 0 Å². The summed E-state index contributed by atoms with van der Waals surface area (Å²) in [5.41, 5.74) is 3.18. The van der Waals surface area contributed by atoms with Crippen molar-refractivity contribution >= 4 is 10.9 Å². The quantitative estimate of drug-likeness (QED) is 0.173. The van der Waals surface area contributed by atoms with E-state index in [0.29, 0.717) is 19.0 Å².